The van der Waals surface area contributed by atoms with Crippen LogP contribution >= 0.6 is 15.9 Å². The highest BCUT2D eigenvalue weighted by atomic mass is 79.9. The molecule has 1 aromatic rings. The summed E-state index contributed by atoms with van der Waals surface area (Å²) in [7, 11) is -3.98. The molecule has 1 heterocycles. The van der Waals surface area contributed by atoms with E-state index in [-0.39, 0.29) is 10.0 Å². The van der Waals surface area contributed by atoms with Crippen LogP contribution in [0.3, 0.4) is 0 Å². The van der Waals surface area contributed by atoms with E-state index in [2.05, 4.69) is 20.9 Å². The van der Waals surface area contributed by atoms with Crippen molar-refractivity contribution in [1.29, 1.82) is 0 Å². The molecule has 0 bridgehead atoms. The van der Waals surface area contributed by atoms with Crippen LogP contribution in [0.4, 0.5) is 8.78 Å². The SMILES string of the molecule is NS(=O)(=O)c1ncc(C(F)F)cc1Br. The van der Waals surface area contributed by atoms with Crippen molar-refractivity contribution < 1.29 is 17.2 Å². The molecule has 1 rings (SSSR count). The second-order valence-corrected chi connectivity index (χ2v) is 4.73. The topological polar surface area (TPSA) is 73.1 Å². The Morgan fingerprint density at radius 2 is 2.07 bits per heavy atom. The molecule has 0 fully saturated rings. The van der Waals surface area contributed by atoms with Crippen molar-refractivity contribution in [3.05, 3.63) is 22.3 Å². The normalized spacial score (nSPS) is 12.1. The first kappa shape index (κ1) is 11.5. The summed E-state index contributed by atoms with van der Waals surface area (Å²) in [5.41, 5.74) is -0.371. The first-order valence-electron chi connectivity index (χ1n) is 3.29. The molecule has 0 aliphatic heterocycles. The summed E-state index contributed by atoms with van der Waals surface area (Å²) >= 11 is 2.80. The number of alkyl halides is 2. The molecule has 0 unspecified atom stereocenters. The minimum Gasteiger partial charge on any atom is -0.242 e. The molecule has 0 saturated carbocycles. The predicted octanol–water partition coefficient (Wildman–Crippen LogP) is 1.43. The fraction of sp³-hybridized carbons (Fsp3) is 0.167. The van der Waals surface area contributed by atoms with Gasteiger partial charge in [0.05, 0.1) is 4.47 Å². The van der Waals surface area contributed by atoms with Gasteiger partial charge >= 0.3 is 0 Å². The average Bonchev–Trinajstić information content (AvgIpc) is 2.01. The minimum atomic E-state index is -3.98. The highest BCUT2D eigenvalue weighted by Crippen LogP contribution is 2.25. The summed E-state index contributed by atoms with van der Waals surface area (Å²) in [6.07, 6.45) is -1.93. The smallest absolute Gasteiger partial charge is 0.242 e. The first-order chi connectivity index (χ1) is 6.32. The van der Waals surface area contributed by atoms with Crippen molar-refractivity contribution in [2.75, 3.05) is 0 Å². The van der Waals surface area contributed by atoms with Gasteiger partial charge in [-0.2, -0.15) is 0 Å². The zero-order chi connectivity index (χ0) is 10.9. The van der Waals surface area contributed by atoms with E-state index < -0.39 is 21.5 Å². The molecular formula is C6H5BrF2N2O2S. The maximum absolute atomic E-state index is 12.1. The lowest BCUT2D eigenvalue weighted by Gasteiger charge is -2.03. The van der Waals surface area contributed by atoms with Crippen LogP contribution in [0.25, 0.3) is 0 Å². The van der Waals surface area contributed by atoms with E-state index in [9.17, 15) is 17.2 Å². The highest BCUT2D eigenvalue weighted by molar-refractivity contribution is 9.10. The number of hydrogen-bond donors (Lipinski definition) is 1. The molecule has 1 aromatic heterocycles. The van der Waals surface area contributed by atoms with Crippen LogP contribution in [0.15, 0.2) is 21.8 Å². The van der Waals surface area contributed by atoms with Crippen molar-refractivity contribution in [2.24, 2.45) is 5.14 Å². The second-order valence-electron chi connectivity index (χ2n) is 2.40. The number of primary sulfonamides is 1. The number of halogens is 3. The molecule has 78 valence electrons. The van der Waals surface area contributed by atoms with Gasteiger partial charge in [-0.1, -0.05) is 0 Å². The van der Waals surface area contributed by atoms with Crippen molar-refractivity contribution in [3.8, 4) is 0 Å². The largest absolute Gasteiger partial charge is 0.265 e. The summed E-state index contributed by atoms with van der Waals surface area (Å²) in [6, 6.07) is 0.970. The van der Waals surface area contributed by atoms with Crippen molar-refractivity contribution in [2.45, 2.75) is 11.5 Å². The van der Waals surface area contributed by atoms with Gasteiger partial charge in [-0.05, 0) is 22.0 Å². The van der Waals surface area contributed by atoms with E-state index in [0.29, 0.717) is 0 Å². The highest BCUT2D eigenvalue weighted by Gasteiger charge is 2.17. The van der Waals surface area contributed by atoms with Gasteiger partial charge < -0.3 is 0 Å². The molecule has 0 aromatic carbocycles. The molecule has 0 amide bonds. The van der Waals surface area contributed by atoms with Gasteiger partial charge in [0.1, 0.15) is 0 Å². The monoisotopic (exact) mass is 286 g/mol. The summed E-state index contributed by atoms with van der Waals surface area (Å²) < 4.78 is 45.9. The third-order valence-electron chi connectivity index (χ3n) is 1.35. The van der Waals surface area contributed by atoms with Crippen LogP contribution in [-0.4, -0.2) is 13.4 Å². The average molecular weight is 287 g/mol. The van der Waals surface area contributed by atoms with Gasteiger partial charge in [0.15, 0.2) is 5.03 Å². The Labute approximate surface area is 87.3 Å². The molecule has 0 atom stereocenters. The second kappa shape index (κ2) is 3.87. The number of hydrogen-bond acceptors (Lipinski definition) is 3. The quantitative estimate of drug-likeness (QED) is 0.894. The Kier molecular flexibility index (Phi) is 3.17. The van der Waals surface area contributed by atoms with Crippen LogP contribution < -0.4 is 5.14 Å². The Bertz CT molecular complexity index is 449. The van der Waals surface area contributed by atoms with E-state index in [1.165, 1.54) is 0 Å². The molecule has 2 N–H and O–H groups in total. The number of rotatable bonds is 2. The standard InChI is InChI=1S/C6H5BrF2N2O2S/c7-4-1-3(5(8)9)2-11-6(4)14(10,12)13/h1-2,5H,(H2,10,12,13). The maximum Gasteiger partial charge on any atom is 0.265 e. The van der Waals surface area contributed by atoms with Crippen LogP contribution in [0.1, 0.15) is 12.0 Å². The van der Waals surface area contributed by atoms with Crippen molar-refractivity contribution in [3.63, 3.8) is 0 Å². The Balaban J connectivity index is 3.28. The molecule has 0 saturated heterocycles. The summed E-state index contributed by atoms with van der Waals surface area (Å²) in [5.74, 6) is 0. The van der Waals surface area contributed by atoms with Crippen LogP contribution in [-0.2, 0) is 10.0 Å². The van der Waals surface area contributed by atoms with Gasteiger partial charge in [0, 0.05) is 11.8 Å². The maximum atomic E-state index is 12.1. The van der Waals surface area contributed by atoms with Gasteiger partial charge in [-0.25, -0.2) is 27.3 Å². The summed E-state index contributed by atoms with van der Waals surface area (Å²) in [5, 5.41) is 4.32. The summed E-state index contributed by atoms with van der Waals surface area (Å²) in [4.78, 5) is 3.33. The molecule has 0 radical (unpaired) electrons. The van der Waals surface area contributed by atoms with Gasteiger partial charge in [-0.15, -0.1) is 0 Å². The molecule has 8 heteroatoms. The lowest BCUT2D eigenvalue weighted by molar-refractivity contribution is 0.150. The minimum absolute atomic E-state index is 0.0715. The third kappa shape index (κ3) is 2.46. The van der Waals surface area contributed by atoms with Crippen molar-refractivity contribution in [1.82, 2.24) is 4.98 Å². The number of sulfonamides is 1. The number of pyridine rings is 1. The molecule has 4 nitrogen and oxygen atoms in total. The molecule has 14 heavy (non-hydrogen) atoms. The zero-order valence-electron chi connectivity index (χ0n) is 6.62. The van der Waals surface area contributed by atoms with E-state index in [1.54, 1.807) is 0 Å². The number of nitrogens with two attached hydrogens (primary N) is 1. The summed E-state index contributed by atoms with van der Waals surface area (Å²) in [6.45, 7) is 0. The third-order valence-corrected chi connectivity index (χ3v) is 3.08. The zero-order valence-corrected chi connectivity index (χ0v) is 9.02. The Morgan fingerprint density at radius 3 is 2.43 bits per heavy atom. The Morgan fingerprint density at radius 1 is 1.50 bits per heavy atom. The van der Waals surface area contributed by atoms with E-state index in [4.69, 9.17) is 5.14 Å². The molecular weight excluding hydrogens is 282 g/mol. The van der Waals surface area contributed by atoms with Gasteiger partial charge in [-0.3, -0.25) is 0 Å². The fourth-order valence-electron chi connectivity index (χ4n) is 0.769. The number of nitrogens with zero attached hydrogens (tertiary/aromatic N) is 1. The van der Waals surface area contributed by atoms with Gasteiger partial charge in [0.25, 0.3) is 16.4 Å². The lowest BCUT2D eigenvalue weighted by atomic mass is 10.3. The van der Waals surface area contributed by atoms with Crippen LogP contribution in [0.2, 0.25) is 0 Å². The first-order valence-corrected chi connectivity index (χ1v) is 5.62. The van der Waals surface area contributed by atoms with Crippen LogP contribution in [0, 0.1) is 0 Å². The van der Waals surface area contributed by atoms with Crippen molar-refractivity contribution >= 4 is 26.0 Å². The van der Waals surface area contributed by atoms with E-state index >= 15 is 0 Å². The van der Waals surface area contributed by atoms with Crippen LogP contribution in [0.5, 0.6) is 0 Å². The van der Waals surface area contributed by atoms with E-state index in [0.717, 1.165) is 12.3 Å². The molecule has 0 spiro atoms. The number of aromatic nitrogens is 1. The fourth-order valence-corrected chi connectivity index (χ4v) is 2.34. The predicted molar refractivity (Wildman–Crippen MR) is 48.3 cm³/mol. The molecule has 0 aliphatic carbocycles. The molecule has 0 aliphatic rings. The lowest BCUT2D eigenvalue weighted by Crippen LogP contribution is -2.14. The van der Waals surface area contributed by atoms with E-state index in [1.807, 2.05) is 0 Å². The Hall–Kier alpha value is -0.600. The van der Waals surface area contributed by atoms with Gasteiger partial charge in [0.2, 0.25) is 0 Å².